The lowest BCUT2D eigenvalue weighted by Crippen LogP contribution is -2.48. The Morgan fingerprint density at radius 2 is 2.00 bits per heavy atom. The quantitative estimate of drug-likeness (QED) is 0.863. The van der Waals surface area contributed by atoms with Gasteiger partial charge >= 0.3 is 5.97 Å². The van der Waals surface area contributed by atoms with Gasteiger partial charge in [-0.15, -0.1) is 0 Å². The molecule has 19 heavy (non-hydrogen) atoms. The van der Waals surface area contributed by atoms with Gasteiger partial charge in [-0.2, -0.15) is 0 Å². The molecular formula is C13H16N2O4. The number of pyridine rings is 1. The first kappa shape index (κ1) is 13.5. The summed E-state index contributed by atoms with van der Waals surface area (Å²) in [6.07, 6.45) is 1.29. The Morgan fingerprint density at radius 1 is 1.37 bits per heavy atom. The van der Waals surface area contributed by atoms with Crippen LogP contribution in [0.2, 0.25) is 0 Å². The third-order valence-electron chi connectivity index (χ3n) is 2.95. The molecule has 0 bridgehead atoms. The van der Waals surface area contributed by atoms with Crippen LogP contribution in [0.3, 0.4) is 0 Å². The molecular weight excluding hydrogens is 248 g/mol. The number of aromatic carboxylic acids is 1. The maximum Gasteiger partial charge on any atom is 0.338 e. The largest absolute Gasteiger partial charge is 0.478 e. The summed E-state index contributed by atoms with van der Waals surface area (Å²) in [6.45, 7) is 4.65. The van der Waals surface area contributed by atoms with Crippen molar-refractivity contribution in [1.82, 2.24) is 9.88 Å². The number of aromatic nitrogens is 1. The fourth-order valence-electron chi connectivity index (χ4n) is 2.24. The minimum Gasteiger partial charge on any atom is -0.478 e. The molecule has 0 spiro atoms. The molecule has 6 nitrogen and oxygen atoms in total. The van der Waals surface area contributed by atoms with Crippen molar-refractivity contribution in [2.75, 3.05) is 13.1 Å². The van der Waals surface area contributed by atoms with Crippen molar-refractivity contribution in [2.45, 2.75) is 26.1 Å². The predicted molar refractivity (Wildman–Crippen MR) is 67.1 cm³/mol. The molecule has 1 fully saturated rings. The van der Waals surface area contributed by atoms with E-state index in [1.165, 1.54) is 18.3 Å². The fraction of sp³-hybridized carbons (Fsp3) is 0.462. The lowest BCUT2D eigenvalue weighted by molar-refractivity contribution is -0.0587. The number of carbonyl (C=O) groups is 2. The first-order chi connectivity index (χ1) is 8.99. The highest BCUT2D eigenvalue weighted by Gasteiger charge is 2.29. The van der Waals surface area contributed by atoms with Crippen LogP contribution in [0.15, 0.2) is 18.3 Å². The van der Waals surface area contributed by atoms with E-state index in [-0.39, 0.29) is 29.4 Å². The van der Waals surface area contributed by atoms with Crippen LogP contribution in [0.1, 0.15) is 34.7 Å². The monoisotopic (exact) mass is 264 g/mol. The molecule has 1 aromatic heterocycles. The molecule has 2 heterocycles. The maximum atomic E-state index is 12.4. The number of nitrogens with zero attached hydrogens (tertiary/aromatic N) is 2. The van der Waals surface area contributed by atoms with Crippen LogP contribution in [0.25, 0.3) is 0 Å². The van der Waals surface area contributed by atoms with E-state index in [9.17, 15) is 9.59 Å². The van der Waals surface area contributed by atoms with Gasteiger partial charge in [0.25, 0.3) is 5.91 Å². The normalized spacial score (nSPS) is 23.2. The molecule has 0 saturated carbocycles. The lowest BCUT2D eigenvalue weighted by atomic mass is 10.1. The predicted octanol–water partition coefficient (Wildman–Crippen LogP) is 1.03. The highest BCUT2D eigenvalue weighted by atomic mass is 16.5. The van der Waals surface area contributed by atoms with Crippen molar-refractivity contribution in [1.29, 1.82) is 0 Å². The number of amides is 1. The SMILES string of the molecule is C[C@@H]1CN(C(=O)c2ncccc2C(=O)O)C[C@H](C)O1. The molecule has 1 saturated heterocycles. The molecule has 0 aliphatic carbocycles. The zero-order valence-corrected chi connectivity index (χ0v) is 10.9. The average molecular weight is 264 g/mol. The van der Waals surface area contributed by atoms with Gasteiger partial charge in [0, 0.05) is 19.3 Å². The number of hydrogen-bond donors (Lipinski definition) is 1. The van der Waals surface area contributed by atoms with Crippen molar-refractivity contribution in [3.8, 4) is 0 Å². The molecule has 6 heteroatoms. The van der Waals surface area contributed by atoms with Crippen LogP contribution >= 0.6 is 0 Å². The van der Waals surface area contributed by atoms with E-state index in [2.05, 4.69) is 4.98 Å². The van der Waals surface area contributed by atoms with Crippen molar-refractivity contribution in [2.24, 2.45) is 0 Å². The summed E-state index contributed by atoms with van der Waals surface area (Å²) < 4.78 is 5.55. The van der Waals surface area contributed by atoms with E-state index in [4.69, 9.17) is 9.84 Å². The third-order valence-corrected chi connectivity index (χ3v) is 2.95. The molecule has 1 N–H and O–H groups in total. The topological polar surface area (TPSA) is 79.7 Å². The van der Waals surface area contributed by atoms with Crippen LogP contribution in [-0.4, -0.2) is 52.2 Å². The van der Waals surface area contributed by atoms with Crippen LogP contribution in [0.5, 0.6) is 0 Å². The summed E-state index contributed by atoms with van der Waals surface area (Å²) in [6, 6.07) is 2.89. The first-order valence-electron chi connectivity index (χ1n) is 6.12. The Kier molecular flexibility index (Phi) is 3.80. The van der Waals surface area contributed by atoms with E-state index >= 15 is 0 Å². The molecule has 1 aliphatic rings. The van der Waals surface area contributed by atoms with Crippen molar-refractivity contribution in [3.63, 3.8) is 0 Å². The average Bonchev–Trinajstić information content (AvgIpc) is 2.36. The summed E-state index contributed by atoms with van der Waals surface area (Å²) >= 11 is 0. The summed E-state index contributed by atoms with van der Waals surface area (Å²) in [5.41, 5.74) is -0.0874. The minimum absolute atomic E-state index is 0.0173. The summed E-state index contributed by atoms with van der Waals surface area (Å²) in [5, 5.41) is 9.08. The number of carbonyl (C=O) groups excluding carboxylic acids is 1. The van der Waals surface area contributed by atoms with Crippen LogP contribution in [0.4, 0.5) is 0 Å². The molecule has 1 aromatic rings. The Labute approximate surface area is 111 Å². The van der Waals surface area contributed by atoms with Gasteiger partial charge in [-0.1, -0.05) is 0 Å². The summed E-state index contributed by atoms with van der Waals surface area (Å²) in [4.78, 5) is 29.0. The van der Waals surface area contributed by atoms with Crippen molar-refractivity contribution in [3.05, 3.63) is 29.6 Å². The second-order valence-corrected chi connectivity index (χ2v) is 4.67. The number of morpholine rings is 1. The smallest absolute Gasteiger partial charge is 0.338 e. The molecule has 0 radical (unpaired) electrons. The maximum absolute atomic E-state index is 12.4. The number of carboxylic acids is 1. The second kappa shape index (κ2) is 5.36. The molecule has 2 atom stereocenters. The second-order valence-electron chi connectivity index (χ2n) is 4.67. The van der Waals surface area contributed by atoms with Gasteiger partial charge < -0.3 is 14.7 Å². The first-order valence-corrected chi connectivity index (χ1v) is 6.12. The third kappa shape index (κ3) is 2.90. The van der Waals surface area contributed by atoms with E-state index in [1.807, 2.05) is 13.8 Å². The van der Waals surface area contributed by atoms with Gasteiger partial charge in [0.05, 0.1) is 17.8 Å². The number of hydrogen-bond acceptors (Lipinski definition) is 4. The standard InChI is InChI=1S/C13H16N2O4/c1-8-6-15(7-9(2)19-8)12(16)11-10(13(17)18)4-3-5-14-11/h3-5,8-9H,6-7H2,1-2H3,(H,17,18)/t8-,9+. The Bertz CT molecular complexity index is 493. The van der Waals surface area contributed by atoms with Gasteiger partial charge in [-0.05, 0) is 26.0 Å². The summed E-state index contributed by atoms with van der Waals surface area (Å²) in [5.74, 6) is -1.51. The lowest BCUT2D eigenvalue weighted by Gasteiger charge is -2.35. The molecule has 0 unspecified atom stereocenters. The Hall–Kier alpha value is -1.95. The van der Waals surface area contributed by atoms with Gasteiger partial charge in [0.1, 0.15) is 5.69 Å². The van der Waals surface area contributed by atoms with Gasteiger partial charge in [-0.3, -0.25) is 9.78 Å². The molecule has 1 aliphatic heterocycles. The Balaban J connectivity index is 2.27. The van der Waals surface area contributed by atoms with Crippen molar-refractivity contribution < 1.29 is 19.4 Å². The van der Waals surface area contributed by atoms with Crippen LogP contribution < -0.4 is 0 Å². The number of rotatable bonds is 2. The van der Waals surface area contributed by atoms with E-state index in [0.29, 0.717) is 13.1 Å². The molecule has 0 aromatic carbocycles. The van der Waals surface area contributed by atoms with Crippen LogP contribution in [0, 0.1) is 0 Å². The molecule has 2 rings (SSSR count). The molecule has 102 valence electrons. The van der Waals surface area contributed by atoms with Gasteiger partial charge in [0.2, 0.25) is 0 Å². The van der Waals surface area contributed by atoms with Crippen LogP contribution in [-0.2, 0) is 4.74 Å². The highest BCUT2D eigenvalue weighted by molar-refractivity contribution is 6.03. The zero-order valence-electron chi connectivity index (χ0n) is 10.9. The summed E-state index contributed by atoms with van der Waals surface area (Å²) in [7, 11) is 0. The number of carboxylic acid groups (broad SMARTS) is 1. The fourth-order valence-corrected chi connectivity index (χ4v) is 2.24. The van der Waals surface area contributed by atoms with Gasteiger partial charge in [0.15, 0.2) is 0 Å². The van der Waals surface area contributed by atoms with Crippen molar-refractivity contribution >= 4 is 11.9 Å². The zero-order chi connectivity index (χ0) is 14.0. The number of ether oxygens (including phenoxy) is 1. The van der Waals surface area contributed by atoms with E-state index in [0.717, 1.165) is 0 Å². The Morgan fingerprint density at radius 3 is 2.58 bits per heavy atom. The highest BCUT2D eigenvalue weighted by Crippen LogP contribution is 2.15. The van der Waals surface area contributed by atoms with Gasteiger partial charge in [-0.25, -0.2) is 4.79 Å². The minimum atomic E-state index is -1.15. The molecule has 1 amide bonds. The van der Waals surface area contributed by atoms with E-state index in [1.54, 1.807) is 4.90 Å². The van der Waals surface area contributed by atoms with E-state index < -0.39 is 5.97 Å².